The molecular formula is C22H44N2O2Si. The fourth-order valence-corrected chi connectivity index (χ4v) is 5.61. The summed E-state index contributed by atoms with van der Waals surface area (Å²) < 4.78 is 12.2. The molecule has 27 heavy (non-hydrogen) atoms. The predicted octanol–water partition coefficient (Wildman–Crippen LogP) is 5.69. The van der Waals surface area contributed by atoms with E-state index in [0.29, 0.717) is 18.1 Å². The zero-order chi connectivity index (χ0) is 20.1. The van der Waals surface area contributed by atoms with Gasteiger partial charge in [0.1, 0.15) is 0 Å². The third kappa shape index (κ3) is 7.50. The van der Waals surface area contributed by atoms with Gasteiger partial charge in [-0.1, -0.05) is 40.0 Å². The molecule has 2 rings (SSSR count). The van der Waals surface area contributed by atoms with Gasteiger partial charge in [-0.15, -0.1) is 0 Å². The minimum Gasteiger partial charge on any atom is -0.414 e. The second-order valence-electron chi connectivity index (χ2n) is 10.6. The van der Waals surface area contributed by atoms with Gasteiger partial charge in [0.15, 0.2) is 8.32 Å². The summed E-state index contributed by atoms with van der Waals surface area (Å²) in [6, 6.07) is 0.429. The van der Waals surface area contributed by atoms with Crippen LogP contribution >= 0.6 is 0 Å². The van der Waals surface area contributed by atoms with E-state index in [2.05, 4.69) is 45.4 Å². The summed E-state index contributed by atoms with van der Waals surface area (Å²) >= 11 is 0. The minimum atomic E-state index is -1.59. The molecule has 158 valence electrons. The number of nitrogens with zero attached hydrogens (tertiary/aromatic N) is 2. The van der Waals surface area contributed by atoms with E-state index in [1.807, 2.05) is 0 Å². The lowest BCUT2D eigenvalue weighted by Gasteiger charge is -2.37. The van der Waals surface area contributed by atoms with Crippen molar-refractivity contribution in [2.75, 3.05) is 20.3 Å². The van der Waals surface area contributed by atoms with Gasteiger partial charge in [-0.05, 0) is 51.2 Å². The molecule has 0 aromatic rings. The zero-order valence-corrected chi connectivity index (χ0v) is 20.0. The maximum Gasteiger partial charge on any atom is 0.184 e. The maximum absolute atomic E-state index is 6.76. The zero-order valence-electron chi connectivity index (χ0n) is 19.0. The SMILES string of the molecule is COC[C@@H]1CCCN1/N=C(\C[C@H](O[Si](C)(C)C)C1CCCCC1)C(C)(C)C. The Bertz CT molecular complexity index is 476. The molecule has 2 aliphatic rings. The number of hydrogen-bond donors (Lipinski definition) is 0. The first kappa shape index (κ1) is 22.9. The fourth-order valence-electron chi connectivity index (χ4n) is 4.42. The Balaban J connectivity index is 2.21. The summed E-state index contributed by atoms with van der Waals surface area (Å²) in [6.45, 7) is 15.7. The third-order valence-electron chi connectivity index (χ3n) is 5.90. The van der Waals surface area contributed by atoms with Crippen LogP contribution in [-0.4, -0.2) is 51.4 Å². The van der Waals surface area contributed by atoms with Crippen molar-refractivity contribution in [2.24, 2.45) is 16.4 Å². The van der Waals surface area contributed by atoms with Crippen LogP contribution < -0.4 is 0 Å². The first-order valence-corrected chi connectivity index (χ1v) is 14.5. The molecule has 0 bridgehead atoms. The molecule has 0 N–H and O–H groups in total. The van der Waals surface area contributed by atoms with Crippen LogP contribution in [0, 0.1) is 11.3 Å². The largest absolute Gasteiger partial charge is 0.414 e. The summed E-state index contributed by atoms with van der Waals surface area (Å²) in [7, 11) is 0.208. The Morgan fingerprint density at radius 2 is 1.74 bits per heavy atom. The van der Waals surface area contributed by atoms with Crippen molar-refractivity contribution in [1.82, 2.24) is 5.01 Å². The van der Waals surface area contributed by atoms with E-state index < -0.39 is 8.32 Å². The van der Waals surface area contributed by atoms with Crippen molar-refractivity contribution in [3.05, 3.63) is 0 Å². The molecule has 1 saturated carbocycles. The van der Waals surface area contributed by atoms with Crippen molar-refractivity contribution in [3.8, 4) is 0 Å². The monoisotopic (exact) mass is 396 g/mol. The van der Waals surface area contributed by atoms with Crippen LogP contribution in [0.1, 0.15) is 72.1 Å². The van der Waals surface area contributed by atoms with Crippen LogP contribution in [0.4, 0.5) is 0 Å². The van der Waals surface area contributed by atoms with Gasteiger partial charge in [0.25, 0.3) is 0 Å². The quantitative estimate of drug-likeness (QED) is 0.390. The highest BCUT2D eigenvalue weighted by Gasteiger charge is 2.34. The number of methoxy groups -OCH3 is 1. The molecule has 2 fully saturated rings. The average Bonchev–Trinajstić information content (AvgIpc) is 3.00. The van der Waals surface area contributed by atoms with E-state index in [0.717, 1.165) is 19.6 Å². The normalized spacial score (nSPS) is 24.5. The molecule has 5 heteroatoms. The van der Waals surface area contributed by atoms with Gasteiger partial charge in [0, 0.05) is 31.2 Å². The third-order valence-corrected chi connectivity index (χ3v) is 6.90. The van der Waals surface area contributed by atoms with Crippen molar-refractivity contribution < 1.29 is 9.16 Å². The fraction of sp³-hybridized carbons (Fsp3) is 0.955. The topological polar surface area (TPSA) is 34.1 Å². The molecule has 4 nitrogen and oxygen atoms in total. The van der Waals surface area contributed by atoms with Crippen LogP contribution in [0.3, 0.4) is 0 Å². The van der Waals surface area contributed by atoms with Gasteiger partial charge < -0.3 is 9.16 Å². The number of ether oxygens (including phenoxy) is 1. The van der Waals surface area contributed by atoms with E-state index in [-0.39, 0.29) is 5.41 Å². The van der Waals surface area contributed by atoms with Crippen molar-refractivity contribution >= 4 is 14.0 Å². The van der Waals surface area contributed by atoms with Crippen LogP contribution in [0.15, 0.2) is 5.10 Å². The molecule has 2 atom stereocenters. The molecule has 1 aliphatic carbocycles. The van der Waals surface area contributed by atoms with E-state index in [1.54, 1.807) is 7.11 Å². The van der Waals surface area contributed by atoms with Crippen LogP contribution in [0.25, 0.3) is 0 Å². The van der Waals surface area contributed by atoms with E-state index in [4.69, 9.17) is 14.3 Å². The Kier molecular flexibility index (Phi) is 8.38. The average molecular weight is 397 g/mol. The molecule has 0 radical (unpaired) electrons. The first-order chi connectivity index (χ1) is 12.6. The molecule has 0 aromatic carbocycles. The lowest BCUT2D eigenvalue weighted by Crippen LogP contribution is -2.41. The van der Waals surface area contributed by atoms with E-state index >= 15 is 0 Å². The van der Waals surface area contributed by atoms with E-state index in [1.165, 1.54) is 50.7 Å². The maximum atomic E-state index is 6.76. The van der Waals surface area contributed by atoms with Crippen molar-refractivity contribution in [3.63, 3.8) is 0 Å². The number of hydrazone groups is 1. The Hall–Kier alpha value is -0.393. The van der Waals surface area contributed by atoms with Gasteiger partial charge in [-0.2, -0.15) is 5.10 Å². The summed E-state index contributed by atoms with van der Waals surface area (Å²) in [5.74, 6) is 0.700. The van der Waals surface area contributed by atoms with Crippen LogP contribution in [0.2, 0.25) is 19.6 Å². The second-order valence-corrected chi connectivity index (χ2v) is 15.0. The Morgan fingerprint density at radius 3 is 2.30 bits per heavy atom. The lowest BCUT2D eigenvalue weighted by molar-refractivity contribution is 0.102. The van der Waals surface area contributed by atoms with Crippen molar-refractivity contribution in [2.45, 2.75) is 104 Å². The van der Waals surface area contributed by atoms with Gasteiger partial charge >= 0.3 is 0 Å². The van der Waals surface area contributed by atoms with Crippen molar-refractivity contribution in [1.29, 1.82) is 0 Å². The molecule has 0 amide bonds. The summed E-state index contributed by atoms with van der Waals surface area (Å²) in [4.78, 5) is 0. The van der Waals surface area contributed by atoms with Crippen LogP contribution in [-0.2, 0) is 9.16 Å². The molecular weight excluding hydrogens is 352 g/mol. The predicted molar refractivity (Wildman–Crippen MR) is 118 cm³/mol. The highest BCUT2D eigenvalue weighted by atomic mass is 28.4. The molecule has 1 saturated heterocycles. The van der Waals surface area contributed by atoms with E-state index in [9.17, 15) is 0 Å². The summed E-state index contributed by atoms with van der Waals surface area (Å²) in [5, 5.41) is 7.52. The Morgan fingerprint density at radius 1 is 1.07 bits per heavy atom. The second kappa shape index (κ2) is 9.88. The van der Waals surface area contributed by atoms with Gasteiger partial charge in [-0.3, -0.25) is 5.01 Å². The molecule has 0 unspecified atom stereocenters. The summed E-state index contributed by atoms with van der Waals surface area (Å²) in [5.41, 5.74) is 1.37. The number of rotatable bonds is 8. The highest BCUT2D eigenvalue weighted by Crippen LogP contribution is 2.34. The summed E-state index contributed by atoms with van der Waals surface area (Å²) in [6.07, 6.45) is 10.5. The molecule has 0 spiro atoms. The van der Waals surface area contributed by atoms with Crippen LogP contribution in [0.5, 0.6) is 0 Å². The smallest absolute Gasteiger partial charge is 0.184 e. The first-order valence-electron chi connectivity index (χ1n) is 11.1. The molecule has 1 heterocycles. The van der Waals surface area contributed by atoms with Gasteiger partial charge in [0.05, 0.1) is 18.8 Å². The highest BCUT2D eigenvalue weighted by molar-refractivity contribution is 6.69. The van der Waals surface area contributed by atoms with Gasteiger partial charge in [0.2, 0.25) is 0 Å². The Labute approximate surface area is 169 Å². The van der Waals surface area contributed by atoms with Gasteiger partial charge in [-0.25, -0.2) is 0 Å². The molecule has 0 aromatic heterocycles. The minimum absolute atomic E-state index is 0.0654. The molecule has 1 aliphatic heterocycles. The standard InChI is InChI=1S/C22H44N2O2Si/c1-22(2,3)21(23-24-15-11-14-19(24)17-25-4)16-20(26-27(5,6)7)18-12-9-8-10-13-18/h18-20H,8-17H2,1-7H3/b23-21+/t19-,20-/m0/s1. The number of hydrogen-bond acceptors (Lipinski definition) is 4. The lowest BCUT2D eigenvalue weighted by atomic mass is 9.79.